The van der Waals surface area contributed by atoms with Gasteiger partial charge in [0, 0.05) is 0 Å². The highest BCUT2D eigenvalue weighted by atomic mass is 127. The number of nitrogens with zero attached hydrogens (tertiary/aromatic N) is 1. The predicted molar refractivity (Wildman–Crippen MR) is 92.6 cm³/mol. The zero-order valence-electron chi connectivity index (χ0n) is 13.1. The third-order valence-electron chi connectivity index (χ3n) is 2.04. The summed E-state index contributed by atoms with van der Waals surface area (Å²) >= 11 is 2.15. The van der Waals surface area contributed by atoms with Crippen LogP contribution in [0.5, 0.6) is 0 Å². The lowest BCUT2D eigenvalue weighted by molar-refractivity contribution is 0.864. The van der Waals surface area contributed by atoms with Crippen molar-refractivity contribution in [1.29, 1.82) is 5.26 Å². The maximum absolute atomic E-state index is 8.70. The summed E-state index contributed by atoms with van der Waals surface area (Å²) in [7, 11) is 0. The first kappa shape index (κ1) is 22.6. The first-order valence-electron chi connectivity index (χ1n) is 6.53. The summed E-state index contributed by atoms with van der Waals surface area (Å²) in [4.78, 5) is 1.97. The van der Waals surface area contributed by atoms with E-state index < -0.39 is 0 Å². The minimum atomic E-state index is 0.538. The molecule has 1 aromatic carbocycles. The lowest BCUT2D eigenvalue weighted by atomic mass is 9.98. The van der Waals surface area contributed by atoms with Crippen LogP contribution in [-0.2, 0) is 0 Å². The smallest absolute Gasteiger partial charge is 0.0994 e. The van der Waals surface area contributed by atoms with Crippen molar-refractivity contribution in [2.24, 2.45) is 0 Å². The van der Waals surface area contributed by atoms with E-state index in [1.807, 2.05) is 51.7 Å². The minimum absolute atomic E-state index is 0.538. The lowest BCUT2D eigenvalue weighted by Crippen LogP contribution is -1.90. The molecule has 0 aromatic heterocycles. The van der Waals surface area contributed by atoms with E-state index in [1.165, 1.54) is 5.56 Å². The molecule has 0 fully saturated rings. The molecule has 0 saturated carbocycles. The number of halogens is 1. The Hall–Kier alpha value is -0.560. The van der Waals surface area contributed by atoms with E-state index in [-0.39, 0.29) is 0 Å². The summed E-state index contributed by atoms with van der Waals surface area (Å²) in [6.07, 6.45) is 0. The van der Waals surface area contributed by atoms with Gasteiger partial charge in [-0.25, -0.2) is 0 Å². The number of hydrogen-bond donors (Lipinski definition) is 0. The monoisotopic (exact) mass is 361 g/mol. The predicted octanol–water partition coefficient (Wildman–Crippen LogP) is 6.09. The van der Waals surface area contributed by atoms with Gasteiger partial charge in [-0.3, -0.25) is 0 Å². The first-order valence-corrected chi connectivity index (χ1v) is 8.69. The van der Waals surface area contributed by atoms with Gasteiger partial charge in [-0.1, -0.05) is 76.3 Å². The van der Waals surface area contributed by atoms with E-state index >= 15 is 0 Å². The van der Waals surface area contributed by atoms with Gasteiger partial charge in [-0.2, -0.15) is 5.26 Å². The maximum atomic E-state index is 8.70. The summed E-state index contributed by atoms with van der Waals surface area (Å²) in [6.45, 7) is 14.3. The second-order valence-corrected chi connectivity index (χ2v) is 3.34. The van der Waals surface area contributed by atoms with E-state index in [0.717, 1.165) is 11.1 Å². The molecular weight excluding hydrogens is 333 g/mol. The minimum Gasteiger partial charge on any atom is -0.192 e. The topological polar surface area (TPSA) is 23.8 Å². The fraction of sp³-hybridized carbons (Fsp3) is 0.562. The Labute approximate surface area is 128 Å². The van der Waals surface area contributed by atoms with Gasteiger partial charge in [-0.05, 0) is 35.0 Å². The van der Waals surface area contributed by atoms with E-state index in [2.05, 4.69) is 48.6 Å². The SMILES string of the molecule is CC.CC.CI.Cc1cc(C(C)C)ccc1C#N. The van der Waals surface area contributed by atoms with E-state index in [4.69, 9.17) is 5.26 Å². The van der Waals surface area contributed by atoms with Crippen LogP contribution in [0.1, 0.15) is 64.2 Å². The number of hydrogen-bond acceptors (Lipinski definition) is 1. The molecule has 0 radical (unpaired) electrons. The Bertz CT molecular complexity index is 324. The van der Waals surface area contributed by atoms with Gasteiger partial charge in [0.2, 0.25) is 0 Å². The fourth-order valence-electron chi connectivity index (χ4n) is 1.17. The van der Waals surface area contributed by atoms with Crippen molar-refractivity contribution in [3.8, 4) is 6.07 Å². The van der Waals surface area contributed by atoms with E-state index in [0.29, 0.717) is 5.92 Å². The Kier molecular flexibility index (Phi) is 20.6. The second kappa shape index (κ2) is 16.4. The molecule has 0 spiro atoms. The van der Waals surface area contributed by atoms with Crippen LogP contribution < -0.4 is 0 Å². The summed E-state index contributed by atoms with van der Waals surface area (Å²) in [5, 5.41) is 8.70. The maximum Gasteiger partial charge on any atom is 0.0994 e. The van der Waals surface area contributed by atoms with Crippen LogP contribution in [0, 0.1) is 18.3 Å². The molecule has 0 amide bonds. The van der Waals surface area contributed by atoms with Crippen LogP contribution in [0.15, 0.2) is 18.2 Å². The highest BCUT2D eigenvalue weighted by molar-refractivity contribution is 14.1. The summed E-state index contributed by atoms with van der Waals surface area (Å²) < 4.78 is 0. The first-order chi connectivity index (χ1) is 8.65. The Balaban J connectivity index is -0.000000328. The van der Waals surface area contributed by atoms with Gasteiger partial charge in [0.15, 0.2) is 0 Å². The molecule has 0 atom stereocenters. The van der Waals surface area contributed by atoms with E-state index in [1.54, 1.807) is 0 Å². The molecule has 0 aliphatic rings. The van der Waals surface area contributed by atoms with Crippen molar-refractivity contribution in [3.05, 3.63) is 34.9 Å². The number of alkyl halides is 1. The molecule has 0 saturated heterocycles. The Morgan fingerprint density at radius 2 is 1.50 bits per heavy atom. The van der Waals surface area contributed by atoms with Gasteiger partial charge in [0.1, 0.15) is 0 Å². The Morgan fingerprint density at radius 1 is 1.06 bits per heavy atom. The summed E-state index contributed by atoms with van der Waals surface area (Å²) in [5.41, 5.74) is 3.15. The van der Waals surface area contributed by atoms with Crippen molar-refractivity contribution < 1.29 is 0 Å². The third-order valence-corrected chi connectivity index (χ3v) is 2.04. The van der Waals surface area contributed by atoms with Crippen molar-refractivity contribution in [1.82, 2.24) is 0 Å². The number of rotatable bonds is 1. The molecular formula is C16H28IN. The highest BCUT2D eigenvalue weighted by Gasteiger charge is 2.01. The molecule has 104 valence electrons. The Morgan fingerprint density at radius 3 is 1.78 bits per heavy atom. The lowest BCUT2D eigenvalue weighted by Gasteiger charge is -2.06. The second-order valence-electron chi connectivity index (χ2n) is 3.34. The molecule has 0 aliphatic carbocycles. The standard InChI is InChI=1S/C11H13N.2C2H6.CH3I/c1-8(2)10-4-5-11(7-12)9(3)6-10;3*1-2/h4-6,8H,1-3H3;2*1-2H3;1H3. The van der Waals surface area contributed by atoms with Crippen molar-refractivity contribution in [3.63, 3.8) is 0 Å². The third kappa shape index (κ3) is 9.47. The van der Waals surface area contributed by atoms with Crippen LogP contribution in [0.3, 0.4) is 0 Å². The summed E-state index contributed by atoms with van der Waals surface area (Å²) in [6, 6.07) is 8.17. The van der Waals surface area contributed by atoms with Gasteiger partial charge < -0.3 is 0 Å². The summed E-state index contributed by atoms with van der Waals surface area (Å²) in [5.74, 6) is 0.538. The van der Waals surface area contributed by atoms with Gasteiger partial charge >= 0.3 is 0 Å². The van der Waals surface area contributed by atoms with Crippen molar-refractivity contribution >= 4 is 22.6 Å². The largest absolute Gasteiger partial charge is 0.192 e. The molecule has 0 heterocycles. The van der Waals surface area contributed by atoms with Gasteiger partial charge in [0.05, 0.1) is 11.6 Å². The molecule has 1 rings (SSSR count). The normalized spacial score (nSPS) is 7.61. The fourth-order valence-corrected chi connectivity index (χ4v) is 1.17. The number of nitriles is 1. The number of aryl methyl sites for hydroxylation is 1. The number of benzene rings is 1. The van der Waals surface area contributed by atoms with Crippen LogP contribution in [0.4, 0.5) is 0 Å². The van der Waals surface area contributed by atoms with Gasteiger partial charge in [-0.15, -0.1) is 0 Å². The molecule has 1 aromatic rings. The molecule has 0 unspecified atom stereocenters. The highest BCUT2D eigenvalue weighted by Crippen LogP contribution is 2.17. The average molecular weight is 361 g/mol. The molecule has 0 aliphatic heterocycles. The molecule has 18 heavy (non-hydrogen) atoms. The molecule has 2 heteroatoms. The quantitative estimate of drug-likeness (QED) is 0.438. The molecule has 0 bridgehead atoms. The van der Waals surface area contributed by atoms with Crippen LogP contribution in [0.2, 0.25) is 0 Å². The molecule has 1 nitrogen and oxygen atoms in total. The zero-order valence-corrected chi connectivity index (χ0v) is 15.3. The average Bonchev–Trinajstić information content (AvgIpc) is 2.45. The van der Waals surface area contributed by atoms with Gasteiger partial charge in [0.25, 0.3) is 0 Å². The van der Waals surface area contributed by atoms with Crippen LogP contribution >= 0.6 is 22.6 Å². The van der Waals surface area contributed by atoms with Crippen molar-refractivity contribution in [2.75, 3.05) is 4.93 Å². The zero-order chi connectivity index (χ0) is 15.1. The van der Waals surface area contributed by atoms with Crippen LogP contribution in [0.25, 0.3) is 0 Å². The van der Waals surface area contributed by atoms with Crippen LogP contribution in [-0.4, -0.2) is 4.93 Å². The van der Waals surface area contributed by atoms with E-state index in [9.17, 15) is 0 Å². The van der Waals surface area contributed by atoms with Crippen molar-refractivity contribution in [2.45, 2.75) is 54.4 Å². The molecule has 0 N–H and O–H groups in total.